The summed E-state index contributed by atoms with van der Waals surface area (Å²) in [6.45, 7) is 2.50. The van der Waals surface area contributed by atoms with Gasteiger partial charge >= 0.3 is 0 Å². The van der Waals surface area contributed by atoms with E-state index in [1.54, 1.807) is 36.4 Å². The van der Waals surface area contributed by atoms with Crippen molar-refractivity contribution < 1.29 is 23.5 Å². The smallest absolute Gasteiger partial charge is 0.293 e. The molecule has 5 nitrogen and oxygen atoms in total. The molecule has 1 heterocycles. The van der Waals surface area contributed by atoms with Crippen LogP contribution in [0.15, 0.2) is 47.4 Å². The van der Waals surface area contributed by atoms with Crippen LogP contribution in [0.4, 0.5) is 9.18 Å². The fraction of sp³-hybridized carbons (Fsp3) is 0.200. The summed E-state index contributed by atoms with van der Waals surface area (Å²) in [6, 6.07) is 11.0. The number of nitrogens with zero attached hydrogens (tertiary/aromatic N) is 1. The molecule has 0 spiro atoms. The van der Waals surface area contributed by atoms with Gasteiger partial charge in [-0.05, 0) is 60.2 Å². The number of hydrogen-bond acceptors (Lipinski definition) is 5. The van der Waals surface area contributed by atoms with Gasteiger partial charge in [0.15, 0.2) is 11.5 Å². The van der Waals surface area contributed by atoms with Gasteiger partial charge < -0.3 is 9.47 Å². The average Bonchev–Trinajstić information content (AvgIpc) is 2.92. The van der Waals surface area contributed by atoms with Gasteiger partial charge in [-0.25, -0.2) is 4.39 Å². The normalized spacial score (nSPS) is 15.5. The second-order valence-electron chi connectivity index (χ2n) is 5.74. The van der Waals surface area contributed by atoms with Crippen molar-refractivity contribution in [2.45, 2.75) is 13.5 Å². The van der Waals surface area contributed by atoms with Crippen LogP contribution in [0.2, 0.25) is 0 Å². The summed E-state index contributed by atoms with van der Waals surface area (Å²) in [5.41, 5.74) is 1.41. The van der Waals surface area contributed by atoms with E-state index in [0.717, 1.165) is 22.2 Å². The first-order chi connectivity index (χ1) is 13.0. The van der Waals surface area contributed by atoms with Crippen LogP contribution in [0.3, 0.4) is 0 Å². The van der Waals surface area contributed by atoms with Crippen LogP contribution in [0.25, 0.3) is 6.08 Å². The van der Waals surface area contributed by atoms with Crippen molar-refractivity contribution in [3.05, 3.63) is 64.3 Å². The van der Waals surface area contributed by atoms with Crippen LogP contribution in [-0.2, 0) is 11.3 Å². The Labute approximate surface area is 160 Å². The lowest BCUT2D eigenvalue weighted by Gasteiger charge is -2.12. The van der Waals surface area contributed by atoms with E-state index in [1.165, 1.54) is 19.2 Å². The van der Waals surface area contributed by atoms with Crippen LogP contribution in [0.1, 0.15) is 18.1 Å². The van der Waals surface area contributed by atoms with Crippen molar-refractivity contribution in [3.63, 3.8) is 0 Å². The Balaban J connectivity index is 1.80. The molecule has 0 atom stereocenters. The zero-order chi connectivity index (χ0) is 19.4. The van der Waals surface area contributed by atoms with Gasteiger partial charge in [0.2, 0.25) is 0 Å². The third-order valence-corrected chi connectivity index (χ3v) is 4.82. The number of rotatable bonds is 6. The Morgan fingerprint density at radius 2 is 1.85 bits per heavy atom. The number of carbonyl (C=O) groups is 2. The van der Waals surface area contributed by atoms with Gasteiger partial charge in [-0.3, -0.25) is 14.5 Å². The van der Waals surface area contributed by atoms with Gasteiger partial charge in [0, 0.05) is 0 Å². The van der Waals surface area contributed by atoms with E-state index in [9.17, 15) is 14.0 Å². The zero-order valence-electron chi connectivity index (χ0n) is 14.9. The van der Waals surface area contributed by atoms with Gasteiger partial charge in [-0.2, -0.15) is 0 Å². The van der Waals surface area contributed by atoms with E-state index < -0.39 is 0 Å². The number of carbonyl (C=O) groups excluding carboxylic acids is 2. The highest BCUT2D eigenvalue weighted by molar-refractivity contribution is 8.18. The number of thioether (sulfide) groups is 1. The quantitative estimate of drug-likeness (QED) is 0.685. The SMILES string of the molecule is CCOc1ccc(C=C2SC(=O)N(Cc3ccc(F)cc3)C2=O)cc1OC. The molecule has 0 saturated carbocycles. The minimum atomic E-state index is -0.373. The fourth-order valence-electron chi connectivity index (χ4n) is 2.61. The molecule has 1 fully saturated rings. The number of halogens is 1. The number of ether oxygens (including phenoxy) is 2. The Bertz CT molecular complexity index is 895. The van der Waals surface area contributed by atoms with Crippen molar-refractivity contribution in [3.8, 4) is 11.5 Å². The summed E-state index contributed by atoms with van der Waals surface area (Å²) in [4.78, 5) is 26.3. The lowest BCUT2D eigenvalue weighted by atomic mass is 10.1. The summed E-state index contributed by atoms with van der Waals surface area (Å²) in [5.74, 6) is 0.428. The highest BCUT2D eigenvalue weighted by atomic mass is 32.2. The molecule has 140 valence electrons. The topological polar surface area (TPSA) is 55.8 Å². The van der Waals surface area contributed by atoms with E-state index in [2.05, 4.69) is 0 Å². The zero-order valence-corrected chi connectivity index (χ0v) is 15.7. The molecule has 0 bridgehead atoms. The van der Waals surface area contributed by atoms with E-state index in [-0.39, 0.29) is 23.5 Å². The van der Waals surface area contributed by atoms with Crippen molar-refractivity contribution in [2.24, 2.45) is 0 Å². The molecule has 0 radical (unpaired) electrons. The number of imide groups is 1. The first-order valence-electron chi connectivity index (χ1n) is 8.32. The van der Waals surface area contributed by atoms with Gasteiger partial charge in [-0.15, -0.1) is 0 Å². The second-order valence-corrected chi connectivity index (χ2v) is 6.73. The molecule has 0 aliphatic carbocycles. The monoisotopic (exact) mass is 387 g/mol. The van der Waals surface area contributed by atoms with Crippen molar-refractivity contribution in [1.29, 1.82) is 0 Å². The van der Waals surface area contributed by atoms with Gasteiger partial charge in [-0.1, -0.05) is 18.2 Å². The van der Waals surface area contributed by atoms with Gasteiger partial charge in [0.05, 0.1) is 25.2 Å². The maximum absolute atomic E-state index is 13.0. The maximum atomic E-state index is 13.0. The number of benzene rings is 2. The number of methoxy groups -OCH3 is 1. The molecule has 1 saturated heterocycles. The third kappa shape index (κ3) is 4.31. The lowest BCUT2D eigenvalue weighted by molar-refractivity contribution is -0.123. The summed E-state index contributed by atoms with van der Waals surface area (Å²) in [7, 11) is 1.54. The Morgan fingerprint density at radius 1 is 1.11 bits per heavy atom. The minimum Gasteiger partial charge on any atom is -0.493 e. The lowest BCUT2D eigenvalue weighted by Crippen LogP contribution is -2.27. The fourth-order valence-corrected chi connectivity index (χ4v) is 3.45. The van der Waals surface area contributed by atoms with Gasteiger partial charge in [0.1, 0.15) is 5.82 Å². The summed E-state index contributed by atoms with van der Waals surface area (Å²) in [5, 5.41) is -0.353. The Morgan fingerprint density at radius 3 is 2.52 bits per heavy atom. The predicted octanol–water partition coefficient (Wildman–Crippen LogP) is 4.47. The van der Waals surface area contributed by atoms with Crippen LogP contribution in [-0.4, -0.2) is 29.8 Å². The summed E-state index contributed by atoms with van der Waals surface area (Å²) >= 11 is 0.879. The number of hydrogen-bond donors (Lipinski definition) is 0. The van der Waals surface area contributed by atoms with E-state index in [0.29, 0.717) is 28.6 Å². The molecule has 27 heavy (non-hydrogen) atoms. The van der Waals surface area contributed by atoms with Crippen LogP contribution >= 0.6 is 11.8 Å². The van der Waals surface area contributed by atoms with E-state index in [4.69, 9.17) is 9.47 Å². The van der Waals surface area contributed by atoms with Gasteiger partial charge in [0.25, 0.3) is 11.1 Å². The highest BCUT2D eigenvalue weighted by Gasteiger charge is 2.35. The molecule has 7 heteroatoms. The first kappa shape index (κ1) is 19.0. The van der Waals surface area contributed by atoms with Crippen molar-refractivity contribution in [2.75, 3.05) is 13.7 Å². The summed E-state index contributed by atoms with van der Waals surface area (Å²) < 4.78 is 23.8. The summed E-state index contributed by atoms with van der Waals surface area (Å²) in [6.07, 6.45) is 1.65. The van der Waals surface area contributed by atoms with Crippen molar-refractivity contribution >= 4 is 29.0 Å². The largest absolute Gasteiger partial charge is 0.493 e. The first-order valence-corrected chi connectivity index (χ1v) is 9.14. The molecular formula is C20H18FNO4S. The Kier molecular flexibility index (Phi) is 5.81. The predicted molar refractivity (Wildman–Crippen MR) is 102 cm³/mol. The molecule has 3 rings (SSSR count). The standard InChI is InChI=1S/C20H18FNO4S/c1-3-26-16-9-6-14(10-17(16)25-2)11-18-19(23)22(20(24)27-18)12-13-4-7-15(21)8-5-13/h4-11H,3,12H2,1-2H3. The second kappa shape index (κ2) is 8.26. The van der Waals surface area contributed by atoms with E-state index in [1.807, 2.05) is 6.92 Å². The molecule has 1 aliphatic rings. The third-order valence-electron chi connectivity index (χ3n) is 3.91. The van der Waals surface area contributed by atoms with Crippen molar-refractivity contribution in [1.82, 2.24) is 4.90 Å². The molecule has 0 N–H and O–H groups in total. The molecular weight excluding hydrogens is 369 g/mol. The number of amides is 2. The van der Waals surface area contributed by atoms with Crippen LogP contribution in [0.5, 0.6) is 11.5 Å². The molecule has 0 aromatic heterocycles. The molecule has 1 aliphatic heterocycles. The molecule has 2 amide bonds. The molecule has 2 aromatic rings. The highest BCUT2D eigenvalue weighted by Crippen LogP contribution is 2.35. The Hall–Kier alpha value is -2.80. The van der Waals surface area contributed by atoms with Crippen LogP contribution < -0.4 is 9.47 Å². The molecule has 0 unspecified atom stereocenters. The maximum Gasteiger partial charge on any atom is 0.293 e. The average molecular weight is 387 g/mol. The minimum absolute atomic E-state index is 0.106. The molecule has 2 aromatic carbocycles. The van der Waals surface area contributed by atoms with Crippen LogP contribution in [0, 0.1) is 5.82 Å². The van der Waals surface area contributed by atoms with E-state index >= 15 is 0 Å².